The van der Waals surface area contributed by atoms with Crippen molar-refractivity contribution in [2.24, 2.45) is 5.73 Å². The number of rotatable bonds is 3. The van der Waals surface area contributed by atoms with Gasteiger partial charge in [-0.2, -0.15) is 0 Å². The second-order valence-electron chi connectivity index (χ2n) is 3.63. The molecule has 0 spiro atoms. The minimum Gasteiger partial charge on any atom is -0.353 e. The Morgan fingerprint density at radius 3 is 3.21 bits per heavy atom. The first kappa shape index (κ1) is 9.40. The Morgan fingerprint density at radius 2 is 2.50 bits per heavy atom. The van der Waals surface area contributed by atoms with E-state index in [1.54, 1.807) is 12.5 Å². The first-order chi connectivity index (χ1) is 6.92. The highest BCUT2D eigenvalue weighted by molar-refractivity contribution is 5.39. The first-order valence-electron chi connectivity index (χ1n) is 5.14. The molecule has 1 aromatic rings. The largest absolute Gasteiger partial charge is 0.353 e. The first-order valence-corrected chi connectivity index (χ1v) is 5.14. The van der Waals surface area contributed by atoms with Crippen LogP contribution in [-0.2, 0) is 0 Å². The monoisotopic (exact) mass is 192 g/mol. The molecule has 4 heteroatoms. The van der Waals surface area contributed by atoms with E-state index in [4.69, 9.17) is 5.73 Å². The molecule has 1 aliphatic rings. The summed E-state index contributed by atoms with van der Waals surface area (Å²) < 4.78 is 0. The summed E-state index contributed by atoms with van der Waals surface area (Å²) in [5, 5.41) is 0. The van der Waals surface area contributed by atoms with Gasteiger partial charge in [-0.15, -0.1) is 0 Å². The van der Waals surface area contributed by atoms with Gasteiger partial charge < -0.3 is 10.6 Å². The van der Waals surface area contributed by atoms with Gasteiger partial charge >= 0.3 is 0 Å². The number of nitrogens with zero attached hydrogens (tertiary/aromatic N) is 3. The van der Waals surface area contributed by atoms with E-state index in [9.17, 15) is 0 Å². The summed E-state index contributed by atoms with van der Waals surface area (Å²) in [7, 11) is 0. The highest BCUT2D eigenvalue weighted by Gasteiger charge is 2.24. The van der Waals surface area contributed by atoms with Crippen LogP contribution in [0.5, 0.6) is 0 Å². The van der Waals surface area contributed by atoms with Crippen molar-refractivity contribution in [3.63, 3.8) is 0 Å². The molecule has 1 aliphatic heterocycles. The number of hydrogen-bond acceptors (Lipinski definition) is 4. The summed E-state index contributed by atoms with van der Waals surface area (Å²) in [6.45, 7) is 1.86. The van der Waals surface area contributed by atoms with Gasteiger partial charge in [0.2, 0.25) is 0 Å². The summed E-state index contributed by atoms with van der Waals surface area (Å²) in [5.41, 5.74) is 5.59. The van der Waals surface area contributed by atoms with E-state index < -0.39 is 0 Å². The summed E-state index contributed by atoms with van der Waals surface area (Å²) >= 11 is 0. The predicted octanol–water partition coefficient (Wildman–Crippen LogP) is 0.794. The molecule has 2 rings (SSSR count). The Bertz CT molecular complexity index is 275. The van der Waals surface area contributed by atoms with Gasteiger partial charge in [0.15, 0.2) is 0 Å². The molecule has 1 unspecified atom stereocenters. The molecule has 2 N–H and O–H groups in total. The highest BCUT2D eigenvalue weighted by Crippen LogP contribution is 2.24. The van der Waals surface area contributed by atoms with E-state index in [0.717, 1.165) is 25.3 Å². The van der Waals surface area contributed by atoms with Crippen molar-refractivity contribution < 1.29 is 0 Å². The van der Waals surface area contributed by atoms with E-state index in [-0.39, 0.29) is 0 Å². The van der Waals surface area contributed by atoms with Crippen LogP contribution in [0.4, 0.5) is 5.82 Å². The summed E-state index contributed by atoms with van der Waals surface area (Å²) in [5.74, 6) is 1.04. The topological polar surface area (TPSA) is 55.0 Å². The van der Waals surface area contributed by atoms with Crippen molar-refractivity contribution in [1.82, 2.24) is 9.97 Å². The Balaban J connectivity index is 2.10. The minimum atomic E-state index is 0.579. The molecule has 0 aromatic carbocycles. The normalized spacial score (nSPS) is 21.5. The summed E-state index contributed by atoms with van der Waals surface area (Å²) in [4.78, 5) is 10.5. The summed E-state index contributed by atoms with van der Waals surface area (Å²) in [6, 6.07) is 2.55. The molecule has 1 atom stereocenters. The molecule has 0 saturated carbocycles. The summed E-state index contributed by atoms with van der Waals surface area (Å²) in [6.07, 6.45) is 6.94. The zero-order chi connectivity index (χ0) is 9.80. The van der Waals surface area contributed by atoms with Crippen LogP contribution in [0, 0.1) is 0 Å². The fourth-order valence-electron chi connectivity index (χ4n) is 2.08. The van der Waals surface area contributed by atoms with Gasteiger partial charge in [0.1, 0.15) is 12.1 Å². The molecule has 2 heterocycles. The van der Waals surface area contributed by atoms with Gasteiger partial charge in [-0.1, -0.05) is 0 Å². The molecule has 0 amide bonds. The van der Waals surface area contributed by atoms with Crippen LogP contribution in [0.1, 0.15) is 19.3 Å². The van der Waals surface area contributed by atoms with Crippen LogP contribution in [-0.4, -0.2) is 29.1 Å². The van der Waals surface area contributed by atoms with E-state index in [2.05, 4.69) is 14.9 Å². The van der Waals surface area contributed by atoms with Crippen LogP contribution in [0.2, 0.25) is 0 Å². The van der Waals surface area contributed by atoms with Gasteiger partial charge in [-0.05, 0) is 31.9 Å². The van der Waals surface area contributed by atoms with Crippen LogP contribution in [0.25, 0.3) is 0 Å². The Labute approximate surface area is 84.2 Å². The number of hydrogen-bond donors (Lipinski definition) is 1. The van der Waals surface area contributed by atoms with Crippen LogP contribution >= 0.6 is 0 Å². The van der Waals surface area contributed by atoms with Crippen molar-refractivity contribution in [3.8, 4) is 0 Å². The smallest absolute Gasteiger partial charge is 0.132 e. The zero-order valence-electron chi connectivity index (χ0n) is 8.26. The quantitative estimate of drug-likeness (QED) is 0.769. The lowest BCUT2D eigenvalue weighted by molar-refractivity contribution is 0.614. The van der Waals surface area contributed by atoms with Crippen molar-refractivity contribution in [1.29, 1.82) is 0 Å². The average molecular weight is 192 g/mol. The average Bonchev–Trinajstić information content (AvgIpc) is 2.68. The zero-order valence-corrected chi connectivity index (χ0v) is 8.26. The fraction of sp³-hybridized carbons (Fsp3) is 0.600. The van der Waals surface area contributed by atoms with Crippen molar-refractivity contribution >= 4 is 5.82 Å². The molecule has 0 bridgehead atoms. The molecule has 1 fully saturated rings. The lowest BCUT2D eigenvalue weighted by Gasteiger charge is -2.24. The second-order valence-corrected chi connectivity index (χ2v) is 3.63. The van der Waals surface area contributed by atoms with Gasteiger partial charge in [0, 0.05) is 18.8 Å². The Morgan fingerprint density at radius 1 is 1.57 bits per heavy atom. The fourth-order valence-corrected chi connectivity index (χ4v) is 2.08. The molecule has 1 saturated heterocycles. The molecule has 76 valence electrons. The molecule has 4 nitrogen and oxygen atoms in total. The third-order valence-corrected chi connectivity index (χ3v) is 2.74. The SMILES string of the molecule is NCCC1CCCN1c1ccncn1. The van der Waals surface area contributed by atoms with Gasteiger partial charge in [0.05, 0.1) is 0 Å². The molecule has 0 aliphatic carbocycles. The Kier molecular flexibility index (Phi) is 2.93. The van der Waals surface area contributed by atoms with E-state index >= 15 is 0 Å². The van der Waals surface area contributed by atoms with Gasteiger partial charge in [-0.25, -0.2) is 9.97 Å². The van der Waals surface area contributed by atoms with E-state index in [0.29, 0.717) is 6.04 Å². The minimum absolute atomic E-state index is 0.579. The maximum absolute atomic E-state index is 5.59. The highest BCUT2D eigenvalue weighted by atomic mass is 15.2. The second kappa shape index (κ2) is 4.37. The standard InChI is InChI=1S/C10H16N4/c11-5-3-9-2-1-7-14(9)10-4-6-12-8-13-10/h4,6,8-9H,1-3,5,7,11H2. The molecule has 1 aromatic heterocycles. The van der Waals surface area contributed by atoms with Crippen LogP contribution in [0.15, 0.2) is 18.6 Å². The van der Waals surface area contributed by atoms with Crippen LogP contribution in [0.3, 0.4) is 0 Å². The number of anilines is 1. The predicted molar refractivity (Wildman–Crippen MR) is 56.1 cm³/mol. The molecule has 0 radical (unpaired) electrons. The maximum Gasteiger partial charge on any atom is 0.132 e. The lowest BCUT2D eigenvalue weighted by atomic mass is 10.1. The molecule has 14 heavy (non-hydrogen) atoms. The van der Waals surface area contributed by atoms with Crippen LogP contribution < -0.4 is 10.6 Å². The van der Waals surface area contributed by atoms with E-state index in [1.165, 1.54) is 12.8 Å². The Hall–Kier alpha value is -1.16. The van der Waals surface area contributed by atoms with Crippen molar-refractivity contribution in [2.75, 3.05) is 18.0 Å². The number of nitrogens with two attached hydrogens (primary N) is 1. The van der Waals surface area contributed by atoms with Crippen molar-refractivity contribution in [3.05, 3.63) is 18.6 Å². The van der Waals surface area contributed by atoms with Gasteiger partial charge in [0.25, 0.3) is 0 Å². The maximum atomic E-state index is 5.59. The third-order valence-electron chi connectivity index (χ3n) is 2.74. The third kappa shape index (κ3) is 1.85. The lowest BCUT2D eigenvalue weighted by Crippen LogP contribution is -2.31. The number of aromatic nitrogens is 2. The van der Waals surface area contributed by atoms with E-state index in [1.807, 2.05) is 6.07 Å². The molecular formula is C10H16N4. The molecular weight excluding hydrogens is 176 g/mol. The van der Waals surface area contributed by atoms with Gasteiger partial charge in [-0.3, -0.25) is 0 Å². The van der Waals surface area contributed by atoms with Crippen molar-refractivity contribution in [2.45, 2.75) is 25.3 Å².